The Morgan fingerprint density at radius 3 is 2.52 bits per heavy atom. The van der Waals surface area contributed by atoms with Crippen molar-refractivity contribution in [3.05, 3.63) is 12.2 Å². The molecule has 1 heterocycles. The van der Waals surface area contributed by atoms with Crippen molar-refractivity contribution in [3.63, 3.8) is 0 Å². The van der Waals surface area contributed by atoms with Gasteiger partial charge in [0.05, 0.1) is 29.8 Å². The van der Waals surface area contributed by atoms with Crippen LogP contribution in [0.15, 0.2) is 12.2 Å². The molecule has 5 heteroatoms. The molecule has 5 aliphatic rings. The fourth-order valence-corrected chi connectivity index (χ4v) is 8.09. The summed E-state index contributed by atoms with van der Waals surface area (Å²) in [6.07, 6.45) is 0.993. The number of Topliss-reactive ketones (excluding diaryl/α,β-unsaturated/α-hetero) is 1. The van der Waals surface area contributed by atoms with Crippen LogP contribution >= 0.6 is 0 Å². The van der Waals surface area contributed by atoms with Crippen LogP contribution in [0.5, 0.6) is 0 Å². The number of hydrogen-bond acceptors (Lipinski definition) is 5. The van der Waals surface area contributed by atoms with E-state index in [4.69, 9.17) is 9.47 Å². The molecule has 0 aromatic heterocycles. The highest BCUT2D eigenvalue weighted by Crippen LogP contribution is 2.72. The first-order valence-electron chi connectivity index (χ1n) is 10.5. The lowest BCUT2D eigenvalue weighted by atomic mass is 9.39. The number of rotatable bonds is 0. The molecule has 0 radical (unpaired) electrons. The Hall–Kier alpha value is -0.750. The van der Waals surface area contributed by atoms with E-state index >= 15 is 0 Å². The summed E-state index contributed by atoms with van der Waals surface area (Å²) in [5.74, 6) is -0.0498. The van der Waals surface area contributed by atoms with E-state index in [-0.39, 0.29) is 52.7 Å². The summed E-state index contributed by atoms with van der Waals surface area (Å²) in [5, 5.41) is 21.8. The molecule has 0 aromatic carbocycles. The van der Waals surface area contributed by atoms with Crippen LogP contribution in [0.3, 0.4) is 0 Å². The molecule has 10 atom stereocenters. The number of hydrogen-bond donors (Lipinski definition) is 2. The Kier molecular flexibility index (Phi) is 3.55. The average Bonchev–Trinajstić information content (AvgIpc) is 2.75. The van der Waals surface area contributed by atoms with E-state index in [0.717, 1.165) is 19.3 Å². The minimum atomic E-state index is -0.725. The number of fused-ring (bicyclic) bond motifs is 2. The zero-order valence-electron chi connectivity index (χ0n) is 16.8. The van der Waals surface area contributed by atoms with Crippen molar-refractivity contribution >= 4 is 5.78 Å². The molecular weight excluding hydrogens is 344 g/mol. The van der Waals surface area contributed by atoms with E-state index in [1.54, 1.807) is 0 Å². The van der Waals surface area contributed by atoms with Crippen molar-refractivity contribution < 1.29 is 24.5 Å². The van der Waals surface area contributed by atoms with E-state index in [1.165, 1.54) is 0 Å². The monoisotopic (exact) mass is 376 g/mol. The van der Waals surface area contributed by atoms with Crippen LogP contribution in [0.4, 0.5) is 0 Å². The molecule has 5 nitrogen and oxygen atoms in total. The second kappa shape index (κ2) is 5.24. The molecule has 2 N–H and O–H groups in total. The van der Waals surface area contributed by atoms with E-state index in [0.29, 0.717) is 12.0 Å². The van der Waals surface area contributed by atoms with Crippen molar-refractivity contribution in [2.75, 3.05) is 0 Å². The number of carbonyl (C=O) groups is 1. The molecule has 1 aliphatic heterocycles. The van der Waals surface area contributed by atoms with Crippen molar-refractivity contribution in [1.82, 2.24) is 0 Å². The van der Waals surface area contributed by atoms with Crippen LogP contribution in [-0.2, 0) is 14.3 Å². The first kappa shape index (κ1) is 18.3. The zero-order chi connectivity index (χ0) is 19.5. The lowest BCUT2D eigenvalue weighted by Gasteiger charge is -2.68. The molecule has 4 aliphatic carbocycles. The Morgan fingerprint density at radius 1 is 1.11 bits per heavy atom. The molecule has 1 unspecified atom stereocenters. The van der Waals surface area contributed by atoms with Crippen LogP contribution in [0.2, 0.25) is 0 Å². The topological polar surface area (TPSA) is 76.0 Å². The van der Waals surface area contributed by atoms with Crippen LogP contribution < -0.4 is 0 Å². The maximum Gasteiger partial charge on any atom is 0.170 e. The second-order valence-corrected chi connectivity index (χ2v) is 10.6. The summed E-state index contributed by atoms with van der Waals surface area (Å²) >= 11 is 0. The standard InChI is InChI=1S/C22H32O5/c1-10-17-12(23)8-14-21(5)7-6-15(24)20(3,4)13(21)9-16-22(14,18(10)25)19(17)27-11(2)26-16/h11-17,19,23-24H,1,6-9H2,2-5H3/t11?,12-,13+,14-,15+,16+,17+,19+,21+,22-/m0/s1. The summed E-state index contributed by atoms with van der Waals surface area (Å²) in [5.41, 5.74) is -0.598. The van der Waals surface area contributed by atoms with E-state index < -0.39 is 17.8 Å². The van der Waals surface area contributed by atoms with Gasteiger partial charge in [-0.25, -0.2) is 0 Å². The number of aliphatic hydroxyl groups is 2. The molecule has 1 saturated heterocycles. The normalized spacial score (nSPS) is 58.6. The van der Waals surface area contributed by atoms with Gasteiger partial charge in [-0.2, -0.15) is 0 Å². The predicted octanol–water partition coefficient (Wildman–Crippen LogP) is 2.45. The zero-order valence-corrected chi connectivity index (χ0v) is 16.8. The van der Waals surface area contributed by atoms with Gasteiger partial charge in [0.15, 0.2) is 12.1 Å². The minimum Gasteiger partial charge on any atom is -0.393 e. The number of ether oxygens (including phenoxy) is 2. The van der Waals surface area contributed by atoms with Gasteiger partial charge < -0.3 is 19.7 Å². The van der Waals surface area contributed by atoms with E-state index in [2.05, 4.69) is 27.4 Å². The fraction of sp³-hybridized carbons (Fsp3) is 0.864. The van der Waals surface area contributed by atoms with Gasteiger partial charge in [-0.3, -0.25) is 4.79 Å². The predicted molar refractivity (Wildman–Crippen MR) is 98.6 cm³/mol. The molecule has 5 rings (SSSR count). The summed E-state index contributed by atoms with van der Waals surface area (Å²) in [7, 11) is 0. The Bertz CT molecular complexity index is 715. The second-order valence-electron chi connectivity index (χ2n) is 10.6. The summed E-state index contributed by atoms with van der Waals surface area (Å²) in [6, 6.07) is 0. The number of carbonyl (C=O) groups excluding carboxylic acids is 1. The van der Waals surface area contributed by atoms with Gasteiger partial charge >= 0.3 is 0 Å². The first-order chi connectivity index (χ1) is 12.6. The SMILES string of the molecule is C=C1C(=O)[C@@]23[C@@H]4OC(C)O[C@@H]2C[C@@H]2C(C)(C)[C@H](O)CC[C@@]2(C)[C@@H]3C[C@H](O)[C@@H]14. The van der Waals surface area contributed by atoms with Crippen LogP contribution in [0.1, 0.15) is 53.4 Å². The quantitative estimate of drug-likeness (QED) is 0.635. The Labute approximate surface area is 161 Å². The van der Waals surface area contributed by atoms with Gasteiger partial charge in [0.1, 0.15) is 0 Å². The van der Waals surface area contributed by atoms with E-state index in [1.807, 2.05) is 6.92 Å². The lowest BCUT2D eigenvalue weighted by Crippen LogP contribution is -2.72. The number of aliphatic hydroxyl groups excluding tert-OH is 2. The third kappa shape index (κ3) is 1.88. The molecule has 5 fully saturated rings. The Morgan fingerprint density at radius 2 is 1.81 bits per heavy atom. The lowest BCUT2D eigenvalue weighted by molar-refractivity contribution is -0.350. The third-order valence-electron chi connectivity index (χ3n) is 9.33. The van der Waals surface area contributed by atoms with Crippen molar-refractivity contribution in [1.29, 1.82) is 0 Å². The van der Waals surface area contributed by atoms with Gasteiger partial charge in [-0.1, -0.05) is 27.4 Å². The highest BCUT2D eigenvalue weighted by Gasteiger charge is 2.78. The highest BCUT2D eigenvalue weighted by atomic mass is 16.7. The molecule has 150 valence electrons. The fourth-order valence-electron chi connectivity index (χ4n) is 8.09. The number of ketones is 1. The molecule has 1 spiro atoms. The summed E-state index contributed by atoms with van der Waals surface area (Å²) < 4.78 is 12.5. The summed E-state index contributed by atoms with van der Waals surface area (Å²) in [4.78, 5) is 13.6. The van der Waals surface area contributed by atoms with E-state index in [9.17, 15) is 15.0 Å². The maximum atomic E-state index is 13.6. The van der Waals surface area contributed by atoms with Gasteiger partial charge in [0, 0.05) is 5.92 Å². The van der Waals surface area contributed by atoms with Crippen LogP contribution in [0.25, 0.3) is 0 Å². The average molecular weight is 376 g/mol. The highest BCUT2D eigenvalue weighted by molar-refractivity contribution is 6.05. The molecule has 27 heavy (non-hydrogen) atoms. The van der Waals surface area contributed by atoms with Crippen molar-refractivity contribution in [2.24, 2.45) is 34.0 Å². The molecule has 4 saturated carbocycles. The van der Waals surface area contributed by atoms with Crippen molar-refractivity contribution in [2.45, 2.75) is 84.1 Å². The van der Waals surface area contributed by atoms with Gasteiger partial charge in [-0.05, 0) is 60.8 Å². The molecular formula is C22H32O5. The van der Waals surface area contributed by atoms with Crippen LogP contribution in [-0.4, -0.2) is 46.7 Å². The van der Waals surface area contributed by atoms with Gasteiger partial charge in [-0.15, -0.1) is 0 Å². The van der Waals surface area contributed by atoms with Gasteiger partial charge in [0.25, 0.3) is 0 Å². The summed E-state index contributed by atoms with van der Waals surface area (Å²) in [6.45, 7) is 12.5. The maximum absolute atomic E-state index is 13.6. The molecule has 0 aromatic rings. The first-order valence-corrected chi connectivity index (χ1v) is 10.5. The Balaban J connectivity index is 1.71. The molecule has 0 amide bonds. The largest absolute Gasteiger partial charge is 0.393 e. The van der Waals surface area contributed by atoms with Gasteiger partial charge in [0.2, 0.25) is 0 Å². The van der Waals surface area contributed by atoms with Crippen molar-refractivity contribution in [3.8, 4) is 0 Å². The minimum absolute atomic E-state index is 0.0176. The van der Waals surface area contributed by atoms with Crippen LogP contribution in [0, 0.1) is 34.0 Å². The smallest absolute Gasteiger partial charge is 0.170 e. The third-order valence-corrected chi connectivity index (χ3v) is 9.33. The molecule has 2 bridgehead atoms.